The minimum atomic E-state index is 0.156. The number of amidine groups is 2. The number of fused-ring (bicyclic) bond motifs is 1. The van der Waals surface area contributed by atoms with Crippen molar-refractivity contribution in [3.8, 4) is 0 Å². The topological polar surface area (TPSA) is 82.7 Å². The van der Waals surface area contributed by atoms with Gasteiger partial charge in [-0.2, -0.15) is 9.47 Å². The number of aryl methyl sites for hydroxylation is 2. The zero-order valence-corrected chi connectivity index (χ0v) is 16.6. The minimum absolute atomic E-state index is 0.156. The summed E-state index contributed by atoms with van der Waals surface area (Å²) in [5, 5.41) is 11.9. The van der Waals surface area contributed by atoms with Gasteiger partial charge >= 0.3 is 0 Å². The number of hydrogen-bond acceptors (Lipinski definition) is 8. The monoisotopic (exact) mass is 384 g/mol. The van der Waals surface area contributed by atoms with Crippen LogP contribution in [0.25, 0.3) is 0 Å². The first-order chi connectivity index (χ1) is 13.1. The summed E-state index contributed by atoms with van der Waals surface area (Å²) in [5.74, 6) is 1.68. The van der Waals surface area contributed by atoms with Gasteiger partial charge in [0.25, 0.3) is 0 Å². The summed E-state index contributed by atoms with van der Waals surface area (Å²) in [5.41, 5.74) is 3.22. The molecule has 4 heterocycles. The maximum Gasteiger partial charge on any atom is 0.174 e. The molecule has 8 nitrogen and oxygen atoms in total. The second kappa shape index (κ2) is 7.61. The Labute approximate surface area is 162 Å². The molecule has 1 atom stereocenters. The van der Waals surface area contributed by atoms with Gasteiger partial charge in [0.1, 0.15) is 5.00 Å². The van der Waals surface area contributed by atoms with E-state index in [1.165, 1.54) is 11.5 Å². The van der Waals surface area contributed by atoms with E-state index in [1.54, 1.807) is 0 Å². The molecule has 2 aliphatic rings. The van der Waals surface area contributed by atoms with Gasteiger partial charge in [0, 0.05) is 25.0 Å². The highest BCUT2D eigenvalue weighted by Gasteiger charge is 2.34. The first kappa shape index (κ1) is 17.9. The molecule has 27 heavy (non-hydrogen) atoms. The Bertz CT molecular complexity index is 906. The summed E-state index contributed by atoms with van der Waals surface area (Å²) < 4.78 is 6.18. The summed E-state index contributed by atoms with van der Waals surface area (Å²) in [6, 6.07) is 2.19. The number of hydrogen-bond donors (Lipinski definition) is 2. The molecule has 142 valence electrons. The average molecular weight is 385 g/mol. The van der Waals surface area contributed by atoms with Gasteiger partial charge in [0.2, 0.25) is 0 Å². The van der Waals surface area contributed by atoms with Crippen LogP contribution in [0.5, 0.6) is 0 Å². The highest BCUT2D eigenvalue weighted by Crippen LogP contribution is 2.31. The number of aliphatic imine (C=N–C) groups is 2. The molecule has 0 fully saturated rings. The second-order valence-corrected chi connectivity index (χ2v) is 7.59. The molecule has 0 saturated heterocycles. The van der Waals surface area contributed by atoms with Crippen LogP contribution in [0.15, 0.2) is 40.3 Å². The van der Waals surface area contributed by atoms with Crippen LogP contribution in [-0.2, 0) is 7.05 Å². The van der Waals surface area contributed by atoms with Crippen LogP contribution in [-0.4, -0.2) is 50.9 Å². The maximum atomic E-state index is 4.86. The van der Waals surface area contributed by atoms with Crippen molar-refractivity contribution in [1.29, 1.82) is 0 Å². The number of allylic oxidation sites excluding steroid dienone is 1. The van der Waals surface area contributed by atoms with Crippen LogP contribution in [0.1, 0.15) is 30.1 Å². The molecule has 2 aliphatic heterocycles. The Hall–Kier alpha value is -2.52. The maximum absolute atomic E-state index is 4.86. The molecule has 0 saturated carbocycles. The molecule has 1 unspecified atom stereocenters. The Balaban J connectivity index is 1.61. The van der Waals surface area contributed by atoms with Crippen molar-refractivity contribution < 1.29 is 0 Å². The summed E-state index contributed by atoms with van der Waals surface area (Å²) in [6.45, 7) is 3.66. The van der Waals surface area contributed by atoms with Crippen LogP contribution in [0.4, 0.5) is 5.00 Å². The van der Waals surface area contributed by atoms with E-state index >= 15 is 0 Å². The standard InChI is InChI=1S/C18H24N8S/c1-12-7-16(27-24-12)23-17-18-20-9-15(13-8-21-25(3)10-13)26(18)11-14(22-17)5-4-6-19-2/h7-8,10-11,15,19H,4-6,9H2,1-3H3,(H,22,23). The molecule has 0 radical (unpaired) electrons. The number of aromatic nitrogens is 3. The fraction of sp³-hybridized carbons (Fsp3) is 0.444. The predicted octanol–water partition coefficient (Wildman–Crippen LogP) is 2.31. The molecule has 4 rings (SSSR count). The van der Waals surface area contributed by atoms with E-state index in [2.05, 4.69) is 37.4 Å². The first-order valence-electron chi connectivity index (χ1n) is 9.10. The zero-order valence-electron chi connectivity index (χ0n) is 15.8. The van der Waals surface area contributed by atoms with Gasteiger partial charge in [-0.15, -0.1) is 0 Å². The Morgan fingerprint density at radius 3 is 2.96 bits per heavy atom. The van der Waals surface area contributed by atoms with E-state index in [-0.39, 0.29) is 6.04 Å². The van der Waals surface area contributed by atoms with Crippen LogP contribution >= 0.6 is 11.5 Å². The Kier molecular flexibility index (Phi) is 5.04. The predicted molar refractivity (Wildman–Crippen MR) is 109 cm³/mol. The van der Waals surface area contributed by atoms with Crippen molar-refractivity contribution in [1.82, 2.24) is 24.4 Å². The van der Waals surface area contributed by atoms with Crippen molar-refractivity contribution in [3.05, 3.63) is 41.6 Å². The van der Waals surface area contributed by atoms with Crippen LogP contribution < -0.4 is 10.6 Å². The summed E-state index contributed by atoms with van der Waals surface area (Å²) >= 11 is 1.44. The van der Waals surface area contributed by atoms with E-state index in [0.29, 0.717) is 6.54 Å². The average Bonchev–Trinajstić information content (AvgIpc) is 3.35. The quantitative estimate of drug-likeness (QED) is 0.747. The lowest BCUT2D eigenvalue weighted by atomic mass is 10.1. The lowest BCUT2D eigenvalue weighted by Crippen LogP contribution is -2.38. The molecule has 0 amide bonds. The number of rotatable bonds is 6. The van der Waals surface area contributed by atoms with Crippen molar-refractivity contribution in [3.63, 3.8) is 0 Å². The van der Waals surface area contributed by atoms with Gasteiger partial charge in [0.15, 0.2) is 11.7 Å². The second-order valence-electron chi connectivity index (χ2n) is 6.78. The highest BCUT2D eigenvalue weighted by atomic mass is 32.1. The third-order valence-corrected chi connectivity index (χ3v) is 5.38. The molecule has 2 N–H and O–H groups in total. The minimum Gasteiger partial charge on any atom is -0.328 e. The zero-order chi connectivity index (χ0) is 18.8. The SMILES string of the molecule is CNCCCC1=CN2C(=NCC2c2cnn(C)c2)C(Nc2cc(C)ns2)=N1. The largest absolute Gasteiger partial charge is 0.328 e. The van der Waals surface area contributed by atoms with Crippen molar-refractivity contribution >= 4 is 28.2 Å². The molecule has 2 aromatic rings. The van der Waals surface area contributed by atoms with Gasteiger partial charge in [0.05, 0.1) is 30.2 Å². The first-order valence-corrected chi connectivity index (χ1v) is 9.87. The molecule has 9 heteroatoms. The molecule has 2 aromatic heterocycles. The van der Waals surface area contributed by atoms with Crippen molar-refractivity contribution in [2.45, 2.75) is 25.8 Å². The summed E-state index contributed by atoms with van der Waals surface area (Å²) in [6.07, 6.45) is 8.07. The fourth-order valence-corrected chi connectivity index (χ4v) is 3.95. The molecule has 0 spiro atoms. The normalized spacial score (nSPS) is 18.9. The van der Waals surface area contributed by atoms with E-state index < -0.39 is 0 Å². The van der Waals surface area contributed by atoms with E-state index in [4.69, 9.17) is 9.98 Å². The number of nitrogens with zero attached hydrogens (tertiary/aromatic N) is 6. The number of nitrogens with one attached hydrogen (secondary N) is 2. The van der Waals surface area contributed by atoms with Crippen LogP contribution in [0, 0.1) is 6.92 Å². The summed E-state index contributed by atoms with van der Waals surface area (Å²) in [4.78, 5) is 11.9. The molecule has 0 aliphatic carbocycles. The van der Waals surface area contributed by atoms with Crippen molar-refractivity contribution in [2.24, 2.45) is 17.0 Å². The van der Waals surface area contributed by atoms with E-state index in [9.17, 15) is 0 Å². The van der Waals surface area contributed by atoms with Gasteiger partial charge in [-0.05, 0) is 51.0 Å². The molecular formula is C18H24N8S. The lowest BCUT2D eigenvalue weighted by Gasteiger charge is -2.28. The summed E-state index contributed by atoms with van der Waals surface area (Å²) in [7, 11) is 3.91. The Morgan fingerprint density at radius 2 is 2.26 bits per heavy atom. The third kappa shape index (κ3) is 3.79. The molecular weight excluding hydrogens is 360 g/mol. The van der Waals surface area contributed by atoms with Gasteiger partial charge in [-0.25, -0.2) is 4.99 Å². The Morgan fingerprint density at radius 1 is 1.37 bits per heavy atom. The van der Waals surface area contributed by atoms with E-state index in [1.807, 2.05) is 38.0 Å². The lowest BCUT2D eigenvalue weighted by molar-refractivity contribution is 0.452. The van der Waals surface area contributed by atoms with Crippen LogP contribution in [0.2, 0.25) is 0 Å². The molecule has 0 aromatic carbocycles. The van der Waals surface area contributed by atoms with Crippen LogP contribution in [0.3, 0.4) is 0 Å². The van der Waals surface area contributed by atoms with Gasteiger partial charge < -0.3 is 15.5 Å². The smallest absolute Gasteiger partial charge is 0.174 e. The number of anilines is 1. The van der Waals surface area contributed by atoms with Gasteiger partial charge in [-0.1, -0.05) is 0 Å². The third-order valence-electron chi connectivity index (χ3n) is 4.59. The van der Waals surface area contributed by atoms with Crippen molar-refractivity contribution in [2.75, 3.05) is 25.5 Å². The fourth-order valence-electron chi connectivity index (χ4n) is 3.29. The van der Waals surface area contributed by atoms with Gasteiger partial charge in [-0.3, -0.25) is 9.67 Å². The molecule has 0 bridgehead atoms. The highest BCUT2D eigenvalue weighted by molar-refractivity contribution is 7.10. The van der Waals surface area contributed by atoms with E-state index in [0.717, 1.165) is 53.0 Å².